The first kappa shape index (κ1) is 30.0. The lowest BCUT2D eigenvalue weighted by atomic mass is 10.0. The number of carbonyl (C=O) groups excluding carboxylic acids is 1. The molecule has 3 aromatic rings. The largest absolute Gasteiger partial charge is 0.480 e. The zero-order valence-corrected chi connectivity index (χ0v) is 24.8. The Bertz CT molecular complexity index is 1600. The zero-order chi connectivity index (χ0) is 30.5. The maximum atomic E-state index is 15.0. The molecule has 0 aromatic carbocycles. The number of aryl methyl sites for hydroxylation is 1. The first-order valence-corrected chi connectivity index (χ1v) is 13.6. The van der Waals surface area contributed by atoms with Crippen LogP contribution >= 0.6 is 11.6 Å². The molecule has 41 heavy (non-hydrogen) atoms. The standard InChI is InChI=1S/C28H34ClFN6O5/c1-13(2)20-21(14(3)8-9-32-20)36-24-16(10-17(30)23(29)33-24)22(19(31)25(36)37)35-11-15(4)34(12-18(35)26(38)39)27(40)41-28(5,6)7/h8-10,13,15,18H,11-12,31H2,1-7H3,(H,38,39)/t15-,18-/m1/s1. The number of ether oxygens (including phenoxy) is 1. The number of carboxylic acid groups (broad SMARTS) is 1. The molecular weight excluding hydrogens is 555 g/mol. The fourth-order valence-electron chi connectivity index (χ4n) is 5.08. The number of carbonyl (C=O) groups is 2. The number of nitrogens with two attached hydrogens (primary N) is 1. The van der Waals surface area contributed by atoms with Gasteiger partial charge < -0.3 is 25.4 Å². The van der Waals surface area contributed by atoms with E-state index in [1.54, 1.807) is 46.9 Å². The highest BCUT2D eigenvalue weighted by molar-refractivity contribution is 6.30. The summed E-state index contributed by atoms with van der Waals surface area (Å²) in [5, 5.41) is 9.85. The van der Waals surface area contributed by atoms with Crippen LogP contribution in [0, 0.1) is 12.7 Å². The van der Waals surface area contributed by atoms with E-state index in [-0.39, 0.29) is 41.4 Å². The highest BCUT2D eigenvalue weighted by Gasteiger charge is 2.42. The molecule has 1 aliphatic heterocycles. The topological polar surface area (TPSA) is 144 Å². The molecule has 1 saturated heterocycles. The number of aliphatic carboxylic acids is 1. The van der Waals surface area contributed by atoms with Gasteiger partial charge in [-0.1, -0.05) is 25.4 Å². The number of pyridine rings is 3. The number of nitrogens with zero attached hydrogens (tertiary/aromatic N) is 5. The van der Waals surface area contributed by atoms with Gasteiger partial charge >= 0.3 is 12.1 Å². The molecule has 1 amide bonds. The minimum atomic E-state index is -1.33. The van der Waals surface area contributed by atoms with E-state index in [0.29, 0.717) is 16.9 Å². The predicted octanol–water partition coefficient (Wildman–Crippen LogP) is 4.49. The average molecular weight is 589 g/mol. The van der Waals surface area contributed by atoms with Crippen LogP contribution in [0.5, 0.6) is 0 Å². The van der Waals surface area contributed by atoms with E-state index < -0.39 is 46.3 Å². The van der Waals surface area contributed by atoms with Gasteiger partial charge in [-0.2, -0.15) is 0 Å². The van der Waals surface area contributed by atoms with Gasteiger partial charge in [-0.05, 0) is 58.2 Å². The molecule has 220 valence electrons. The molecule has 0 aliphatic carbocycles. The molecule has 11 nitrogen and oxygen atoms in total. The predicted molar refractivity (Wildman–Crippen MR) is 155 cm³/mol. The second-order valence-electron chi connectivity index (χ2n) is 11.5. The van der Waals surface area contributed by atoms with Gasteiger partial charge in [0.1, 0.15) is 17.3 Å². The lowest BCUT2D eigenvalue weighted by Crippen LogP contribution is -2.62. The highest BCUT2D eigenvalue weighted by Crippen LogP contribution is 2.37. The van der Waals surface area contributed by atoms with Crippen molar-refractivity contribution in [3.8, 4) is 5.69 Å². The number of rotatable bonds is 4. The Labute approximate surface area is 241 Å². The number of halogens is 2. The second kappa shape index (κ2) is 10.8. The zero-order valence-electron chi connectivity index (χ0n) is 24.0. The van der Waals surface area contributed by atoms with Crippen LogP contribution in [0.3, 0.4) is 0 Å². The smallest absolute Gasteiger partial charge is 0.410 e. The lowest BCUT2D eigenvalue weighted by Gasteiger charge is -2.45. The number of aromatic nitrogens is 3. The maximum Gasteiger partial charge on any atom is 0.410 e. The van der Waals surface area contributed by atoms with Crippen molar-refractivity contribution in [1.82, 2.24) is 19.4 Å². The van der Waals surface area contributed by atoms with Crippen LogP contribution in [-0.2, 0) is 9.53 Å². The molecule has 4 heterocycles. The third kappa shape index (κ3) is 5.52. The van der Waals surface area contributed by atoms with E-state index in [0.717, 1.165) is 6.07 Å². The molecule has 13 heteroatoms. The SMILES string of the molecule is Cc1ccnc(C(C)C)c1-n1c(=O)c(N)c(N2C[C@@H](C)N(C(=O)OC(C)(C)C)C[C@@H]2C(=O)O)c2cc(F)c(Cl)nc21. The van der Waals surface area contributed by atoms with Gasteiger partial charge in [-0.15, -0.1) is 0 Å². The summed E-state index contributed by atoms with van der Waals surface area (Å²) in [5.41, 5.74) is 6.42. The fraction of sp³-hybridized carbons (Fsp3) is 0.464. The van der Waals surface area contributed by atoms with Crippen molar-refractivity contribution in [3.05, 3.63) is 50.9 Å². The monoisotopic (exact) mass is 588 g/mol. The van der Waals surface area contributed by atoms with Crippen LogP contribution in [-0.4, -0.2) is 67.4 Å². The van der Waals surface area contributed by atoms with Crippen LogP contribution in [0.2, 0.25) is 5.15 Å². The van der Waals surface area contributed by atoms with Crippen molar-refractivity contribution in [1.29, 1.82) is 0 Å². The summed E-state index contributed by atoms with van der Waals surface area (Å²) < 4.78 is 21.7. The van der Waals surface area contributed by atoms with Gasteiger partial charge in [0.15, 0.2) is 16.6 Å². The maximum absolute atomic E-state index is 15.0. The number of piperazine rings is 1. The van der Waals surface area contributed by atoms with E-state index in [2.05, 4.69) is 9.97 Å². The van der Waals surface area contributed by atoms with Crippen molar-refractivity contribution >= 4 is 46.1 Å². The lowest BCUT2D eigenvalue weighted by molar-refractivity contribution is -0.139. The Hall–Kier alpha value is -3.93. The first-order valence-electron chi connectivity index (χ1n) is 13.2. The van der Waals surface area contributed by atoms with Gasteiger partial charge in [0.25, 0.3) is 5.56 Å². The average Bonchev–Trinajstić information content (AvgIpc) is 2.85. The quantitative estimate of drug-likeness (QED) is 0.421. The van der Waals surface area contributed by atoms with Gasteiger partial charge in [0.2, 0.25) is 0 Å². The highest BCUT2D eigenvalue weighted by atomic mass is 35.5. The van der Waals surface area contributed by atoms with Crippen LogP contribution in [0.1, 0.15) is 58.7 Å². The van der Waals surface area contributed by atoms with Crippen LogP contribution in [0.4, 0.5) is 20.6 Å². The molecule has 4 rings (SSSR count). The summed E-state index contributed by atoms with van der Waals surface area (Å²) in [6.45, 7) is 12.2. The summed E-state index contributed by atoms with van der Waals surface area (Å²) in [4.78, 5) is 50.9. The Balaban J connectivity index is 1.99. The summed E-state index contributed by atoms with van der Waals surface area (Å²) in [7, 11) is 0. The Morgan fingerprint density at radius 3 is 2.49 bits per heavy atom. The molecule has 0 radical (unpaired) electrons. The van der Waals surface area contributed by atoms with Crippen molar-refractivity contribution in [2.45, 2.75) is 72.1 Å². The number of anilines is 2. The summed E-state index contributed by atoms with van der Waals surface area (Å²) in [6, 6.07) is 0.948. The van der Waals surface area contributed by atoms with Gasteiger partial charge in [0, 0.05) is 24.2 Å². The summed E-state index contributed by atoms with van der Waals surface area (Å²) in [5.74, 6) is -2.24. The first-order chi connectivity index (χ1) is 19.0. The van der Waals surface area contributed by atoms with Crippen molar-refractivity contribution in [2.75, 3.05) is 23.7 Å². The van der Waals surface area contributed by atoms with E-state index >= 15 is 0 Å². The van der Waals surface area contributed by atoms with Crippen molar-refractivity contribution in [2.24, 2.45) is 0 Å². The van der Waals surface area contributed by atoms with E-state index in [9.17, 15) is 23.9 Å². The summed E-state index contributed by atoms with van der Waals surface area (Å²) >= 11 is 6.11. The van der Waals surface area contributed by atoms with E-state index in [4.69, 9.17) is 22.1 Å². The minimum absolute atomic E-state index is 0.0000423. The molecule has 3 N–H and O–H groups in total. The molecular formula is C28H34ClFN6O5. The number of fused-ring (bicyclic) bond motifs is 1. The van der Waals surface area contributed by atoms with Gasteiger partial charge in [-0.25, -0.2) is 19.0 Å². The van der Waals surface area contributed by atoms with E-state index in [1.807, 2.05) is 13.8 Å². The van der Waals surface area contributed by atoms with E-state index in [1.165, 1.54) is 14.4 Å². The van der Waals surface area contributed by atoms with Crippen molar-refractivity contribution < 1.29 is 23.8 Å². The normalized spacial score (nSPS) is 17.8. The molecule has 0 bridgehead atoms. The number of hydrogen-bond donors (Lipinski definition) is 2. The van der Waals surface area contributed by atoms with Gasteiger partial charge in [0.05, 0.1) is 23.6 Å². The molecule has 0 saturated carbocycles. The third-order valence-corrected chi connectivity index (χ3v) is 7.20. The number of amides is 1. The second-order valence-corrected chi connectivity index (χ2v) is 11.9. The van der Waals surface area contributed by atoms with Crippen LogP contribution in [0.15, 0.2) is 23.1 Å². The molecule has 0 unspecified atom stereocenters. The van der Waals surface area contributed by atoms with Gasteiger partial charge in [-0.3, -0.25) is 14.3 Å². The molecule has 3 aromatic heterocycles. The third-order valence-electron chi connectivity index (χ3n) is 6.93. The molecule has 1 fully saturated rings. The molecule has 1 aliphatic rings. The Morgan fingerprint density at radius 1 is 1.24 bits per heavy atom. The molecule has 2 atom stereocenters. The summed E-state index contributed by atoms with van der Waals surface area (Å²) in [6.07, 6.45) is 0.958. The van der Waals surface area contributed by atoms with Crippen LogP contribution < -0.4 is 16.2 Å². The molecule has 0 spiro atoms. The number of hydrogen-bond acceptors (Lipinski definition) is 8. The number of nitrogen functional groups attached to an aromatic ring is 1. The fourth-order valence-corrected chi connectivity index (χ4v) is 5.21. The Morgan fingerprint density at radius 2 is 1.90 bits per heavy atom. The number of carboxylic acids is 1. The van der Waals surface area contributed by atoms with Crippen LogP contribution in [0.25, 0.3) is 16.7 Å². The minimum Gasteiger partial charge on any atom is -0.480 e. The Kier molecular flexibility index (Phi) is 7.92. The van der Waals surface area contributed by atoms with Crippen molar-refractivity contribution in [3.63, 3.8) is 0 Å².